The van der Waals surface area contributed by atoms with Crippen molar-refractivity contribution < 1.29 is 14.2 Å². The summed E-state index contributed by atoms with van der Waals surface area (Å²) < 4.78 is 18.7. The number of aryl methyl sites for hydroxylation is 1. The highest BCUT2D eigenvalue weighted by atomic mass is 19.1. The molecule has 1 N–H and O–H groups in total. The van der Waals surface area contributed by atoms with E-state index < -0.39 is 6.10 Å². The molecule has 2 unspecified atom stereocenters. The van der Waals surface area contributed by atoms with E-state index >= 15 is 0 Å². The number of ether oxygens (including phenoxy) is 1. The minimum atomic E-state index is -0.532. The molecule has 1 saturated heterocycles. The van der Waals surface area contributed by atoms with Gasteiger partial charge in [-0.15, -0.1) is 0 Å². The van der Waals surface area contributed by atoms with Crippen LogP contribution >= 0.6 is 0 Å². The number of halogens is 1. The summed E-state index contributed by atoms with van der Waals surface area (Å²) in [6, 6.07) is 4.70. The van der Waals surface area contributed by atoms with Gasteiger partial charge in [-0.2, -0.15) is 0 Å². The van der Waals surface area contributed by atoms with Gasteiger partial charge in [0.2, 0.25) is 0 Å². The van der Waals surface area contributed by atoms with Gasteiger partial charge >= 0.3 is 0 Å². The summed E-state index contributed by atoms with van der Waals surface area (Å²) >= 11 is 0. The lowest BCUT2D eigenvalue weighted by molar-refractivity contribution is -0.0611. The molecule has 0 amide bonds. The van der Waals surface area contributed by atoms with Crippen LogP contribution in [0.5, 0.6) is 0 Å². The largest absolute Gasteiger partial charge is 0.390 e. The lowest BCUT2D eigenvalue weighted by atomic mass is 9.96. The predicted molar refractivity (Wildman–Crippen MR) is 64.4 cm³/mol. The van der Waals surface area contributed by atoms with E-state index in [0.29, 0.717) is 6.42 Å². The summed E-state index contributed by atoms with van der Waals surface area (Å²) in [4.78, 5) is 0. The normalized spacial score (nSPS) is 22.4. The molecule has 3 heteroatoms. The zero-order chi connectivity index (χ0) is 12.3. The van der Waals surface area contributed by atoms with Crippen LogP contribution in [-0.2, 0) is 11.2 Å². The molecule has 1 aliphatic heterocycles. The molecule has 0 spiro atoms. The maximum Gasteiger partial charge on any atom is 0.123 e. The lowest BCUT2D eigenvalue weighted by Gasteiger charge is -2.27. The molecule has 1 aliphatic rings. The van der Waals surface area contributed by atoms with Crippen molar-refractivity contribution in [3.63, 3.8) is 0 Å². The fraction of sp³-hybridized carbons (Fsp3) is 0.571. The topological polar surface area (TPSA) is 29.5 Å². The van der Waals surface area contributed by atoms with Crippen LogP contribution < -0.4 is 0 Å². The highest BCUT2D eigenvalue weighted by molar-refractivity contribution is 5.27. The number of aliphatic hydroxyl groups excluding tert-OH is 1. The number of rotatable bonds is 3. The summed E-state index contributed by atoms with van der Waals surface area (Å²) in [7, 11) is 0. The van der Waals surface area contributed by atoms with Gasteiger partial charge in [-0.1, -0.05) is 6.07 Å². The molecular weight excluding hydrogens is 219 g/mol. The maximum atomic E-state index is 13.1. The number of aliphatic hydroxyl groups is 1. The first-order valence-corrected chi connectivity index (χ1v) is 6.21. The molecule has 0 aliphatic carbocycles. The van der Waals surface area contributed by atoms with E-state index in [1.54, 1.807) is 6.07 Å². The number of hydrogen-bond donors (Lipinski definition) is 1. The minimum absolute atomic E-state index is 0.0913. The minimum Gasteiger partial charge on any atom is -0.390 e. The zero-order valence-corrected chi connectivity index (χ0v) is 10.2. The third-order valence-corrected chi connectivity index (χ3v) is 3.38. The van der Waals surface area contributed by atoms with E-state index in [-0.39, 0.29) is 11.9 Å². The van der Waals surface area contributed by atoms with E-state index in [4.69, 9.17) is 4.74 Å². The van der Waals surface area contributed by atoms with E-state index in [1.165, 1.54) is 12.1 Å². The first kappa shape index (κ1) is 12.5. The van der Waals surface area contributed by atoms with E-state index in [0.717, 1.165) is 37.0 Å². The van der Waals surface area contributed by atoms with Crippen molar-refractivity contribution in [2.75, 3.05) is 6.61 Å². The van der Waals surface area contributed by atoms with Gasteiger partial charge in [-0.05, 0) is 49.4 Å². The van der Waals surface area contributed by atoms with Gasteiger partial charge in [0.1, 0.15) is 5.82 Å². The molecular formula is C14H19FO2. The summed E-state index contributed by atoms with van der Waals surface area (Å²) in [5.41, 5.74) is 1.88. The molecule has 1 aromatic rings. The third kappa shape index (κ3) is 3.27. The van der Waals surface area contributed by atoms with Crippen LogP contribution in [0.3, 0.4) is 0 Å². The Morgan fingerprint density at radius 3 is 3.00 bits per heavy atom. The van der Waals surface area contributed by atoms with Gasteiger partial charge in [0.25, 0.3) is 0 Å². The van der Waals surface area contributed by atoms with Crippen LogP contribution in [0.15, 0.2) is 18.2 Å². The molecule has 0 aromatic heterocycles. The summed E-state index contributed by atoms with van der Waals surface area (Å²) in [6.45, 7) is 2.66. The van der Waals surface area contributed by atoms with E-state index in [2.05, 4.69) is 0 Å². The first-order chi connectivity index (χ1) is 8.16. The molecule has 0 bridgehead atoms. The monoisotopic (exact) mass is 238 g/mol. The number of benzene rings is 1. The Morgan fingerprint density at radius 1 is 1.47 bits per heavy atom. The van der Waals surface area contributed by atoms with Crippen molar-refractivity contribution in [3.8, 4) is 0 Å². The van der Waals surface area contributed by atoms with Crippen molar-refractivity contribution in [1.82, 2.24) is 0 Å². The lowest BCUT2D eigenvalue weighted by Crippen LogP contribution is -2.33. The van der Waals surface area contributed by atoms with Crippen LogP contribution in [0, 0.1) is 12.7 Å². The quantitative estimate of drug-likeness (QED) is 0.877. The van der Waals surface area contributed by atoms with E-state index in [9.17, 15) is 9.50 Å². The second-order valence-electron chi connectivity index (χ2n) is 4.75. The van der Waals surface area contributed by atoms with Crippen molar-refractivity contribution in [1.29, 1.82) is 0 Å². The Kier molecular flexibility index (Phi) is 4.13. The van der Waals surface area contributed by atoms with Gasteiger partial charge in [0.15, 0.2) is 0 Å². The second-order valence-corrected chi connectivity index (χ2v) is 4.75. The Morgan fingerprint density at radius 2 is 2.29 bits per heavy atom. The Bertz CT molecular complexity index is 372. The van der Waals surface area contributed by atoms with Crippen LogP contribution in [-0.4, -0.2) is 23.9 Å². The van der Waals surface area contributed by atoms with Crippen molar-refractivity contribution in [2.24, 2.45) is 0 Å². The Balaban J connectivity index is 2.01. The molecule has 1 fully saturated rings. The molecule has 1 heterocycles. The number of hydrogen-bond acceptors (Lipinski definition) is 2. The molecule has 0 radical (unpaired) electrons. The Hall–Kier alpha value is -0.930. The summed E-state index contributed by atoms with van der Waals surface area (Å²) in [5, 5.41) is 10.1. The van der Waals surface area contributed by atoms with Crippen molar-refractivity contribution >= 4 is 0 Å². The standard InChI is InChI=1S/C14H19FO2/c1-10-5-6-12(15)8-11(10)9-13(16)14-4-2-3-7-17-14/h5-6,8,13-14,16H,2-4,7,9H2,1H3. The first-order valence-electron chi connectivity index (χ1n) is 6.21. The van der Waals surface area contributed by atoms with Crippen LogP contribution in [0.25, 0.3) is 0 Å². The highest BCUT2D eigenvalue weighted by Crippen LogP contribution is 2.20. The van der Waals surface area contributed by atoms with E-state index in [1.807, 2.05) is 6.92 Å². The smallest absolute Gasteiger partial charge is 0.123 e. The average Bonchev–Trinajstić information content (AvgIpc) is 2.35. The molecule has 17 heavy (non-hydrogen) atoms. The van der Waals surface area contributed by atoms with Crippen LogP contribution in [0.4, 0.5) is 4.39 Å². The maximum absolute atomic E-state index is 13.1. The highest BCUT2D eigenvalue weighted by Gasteiger charge is 2.23. The third-order valence-electron chi connectivity index (χ3n) is 3.38. The zero-order valence-electron chi connectivity index (χ0n) is 10.2. The molecule has 2 atom stereocenters. The fourth-order valence-electron chi connectivity index (χ4n) is 2.29. The molecule has 2 nitrogen and oxygen atoms in total. The van der Waals surface area contributed by atoms with Gasteiger partial charge < -0.3 is 9.84 Å². The summed E-state index contributed by atoms with van der Waals surface area (Å²) in [6.07, 6.45) is 2.91. The molecule has 0 saturated carbocycles. The molecule has 2 rings (SSSR count). The van der Waals surface area contributed by atoms with Gasteiger partial charge in [0.05, 0.1) is 12.2 Å². The fourth-order valence-corrected chi connectivity index (χ4v) is 2.29. The van der Waals surface area contributed by atoms with Crippen molar-refractivity contribution in [3.05, 3.63) is 35.1 Å². The average molecular weight is 238 g/mol. The van der Waals surface area contributed by atoms with Crippen LogP contribution in [0.1, 0.15) is 30.4 Å². The summed E-state index contributed by atoms with van der Waals surface area (Å²) in [5.74, 6) is -0.248. The SMILES string of the molecule is Cc1ccc(F)cc1CC(O)C1CCCCO1. The predicted octanol–water partition coefficient (Wildman–Crippen LogP) is 2.61. The molecule has 94 valence electrons. The van der Waals surface area contributed by atoms with Gasteiger partial charge in [-0.3, -0.25) is 0 Å². The van der Waals surface area contributed by atoms with Crippen molar-refractivity contribution in [2.45, 2.75) is 44.8 Å². The van der Waals surface area contributed by atoms with Gasteiger partial charge in [-0.25, -0.2) is 4.39 Å². The second kappa shape index (κ2) is 5.61. The van der Waals surface area contributed by atoms with Gasteiger partial charge in [0, 0.05) is 13.0 Å². The Labute approximate surface area is 101 Å². The molecule has 1 aromatic carbocycles. The van der Waals surface area contributed by atoms with Crippen LogP contribution in [0.2, 0.25) is 0 Å².